The van der Waals surface area contributed by atoms with Gasteiger partial charge in [0.15, 0.2) is 0 Å². The van der Waals surface area contributed by atoms with Gasteiger partial charge in [-0.15, -0.1) is 0 Å². The standard InChI is InChI=1S/C15H20N2O3/c1-11-7-8-12(10-18)9-17(11)15(20)14(19)16-13-5-3-2-4-6-13/h2-6,11-12,18H,7-10H2,1H3,(H,16,19). The second-order valence-corrected chi connectivity index (χ2v) is 5.25. The Kier molecular flexibility index (Phi) is 4.74. The number of para-hydroxylation sites is 1. The summed E-state index contributed by atoms with van der Waals surface area (Å²) in [5.74, 6) is -1.08. The van der Waals surface area contributed by atoms with Gasteiger partial charge in [-0.25, -0.2) is 0 Å². The first-order valence-corrected chi connectivity index (χ1v) is 6.89. The fourth-order valence-electron chi connectivity index (χ4n) is 2.45. The van der Waals surface area contributed by atoms with Crippen LogP contribution in [0.4, 0.5) is 5.69 Å². The van der Waals surface area contributed by atoms with Crippen molar-refractivity contribution in [2.45, 2.75) is 25.8 Å². The second kappa shape index (κ2) is 6.52. The highest BCUT2D eigenvalue weighted by Crippen LogP contribution is 2.21. The maximum Gasteiger partial charge on any atom is 0.313 e. The number of benzene rings is 1. The van der Waals surface area contributed by atoms with Gasteiger partial charge in [0.1, 0.15) is 0 Å². The Labute approximate surface area is 118 Å². The number of carbonyl (C=O) groups excluding carboxylic acids is 2. The van der Waals surface area contributed by atoms with Crippen molar-refractivity contribution >= 4 is 17.5 Å². The Morgan fingerprint density at radius 1 is 1.30 bits per heavy atom. The number of carbonyl (C=O) groups is 2. The van der Waals surface area contributed by atoms with Gasteiger partial charge in [-0.1, -0.05) is 18.2 Å². The third-order valence-corrected chi connectivity index (χ3v) is 3.72. The molecule has 1 aliphatic heterocycles. The molecule has 5 heteroatoms. The quantitative estimate of drug-likeness (QED) is 0.799. The molecule has 5 nitrogen and oxygen atoms in total. The summed E-state index contributed by atoms with van der Waals surface area (Å²) in [5.41, 5.74) is 0.606. The zero-order chi connectivity index (χ0) is 14.5. The molecule has 0 aromatic heterocycles. The van der Waals surface area contributed by atoms with E-state index in [0.717, 1.165) is 12.8 Å². The highest BCUT2D eigenvalue weighted by atomic mass is 16.3. The van der Waals surface area contributed by atoms with Crippen LogP contribution in [0.5, 0.6) is 0 Å². The van der Waals surface area contributed by atoms with Crippen LogP contribution in [-0.4, -0.2) is 41.0 Å². The minimum absolute atomic E-state index is 0.0341. The Bertz CT molecular complexity index is 475. The summed E-state index contributed by atoms with van der Waals surface area (Å²) in [7, 11) is 0. The number of rotatable bonds is 2. The molecule has 0 bridgehead atoms. The lowest BCUT2D eigenvalue weighted by atomic mass is 9.94. The van der Waals surface area contributed by atoms with Crippen LogP contribution in [0.15, 0.2) is 30.3 Å². The third-order valence-electron chi connectivity index (χ3n) is 3.72. The van der Waals surface area contributed by atoms with Gasteiger partial charge in [0.2, 0.25) is 0 Å². The van der Waals surface area contributed by atoms with Gasteiger partial charge in [-0.05, 0) is 37.8 Å². The number of hydrogen-bond acceptors (Lipinski definition) is 3. The van der Waals surface area contributed by atoms with Gasteiger partial charge in [0.25, 0.3) is 0 Å². The minimum Gasteiger partial charge on any atom is -0.396 e. The smallest absolute Gasteiger partial charge is 0.313 e. The van der Waals surface area contributed by atoms with E-state index in [9.17, 15) is 14.7 Å². The topological polar surface area (TPSA) is 69.6 Å². The summed E-state index contributed by atoms with van der Waals surface area (Å²) >= 11 is 0. The summed E-state index contributed by atoms with van der Waals surface area (Å²) in [5, 5.41) is 11.8. The Morgan fingerprint density at radius 2 is 2.00 bits per heavy atom. The maximum absolute atomic E-state index is 12.2. The zero-order valence-electron chi connectivity index (χ0n) is 11.6. The van der Waals surface area contributed by atoms with E-state index in [4.69, 9.17) is 0 Å². The number of aliphatic hydroxyl groups is 1. The largest absolute Gasteiger partial charge is 0.396 e. The van der Waals surface area contributed by atoms with Crippen molar-refractivity contribution in [2.75, 3.05) is 18.5 Å². The molecule has 20 heavy (non-hydrogen) atoms. The van der Waals surface area contributed by atoms with Gasteiger partial charge in [-0.2, -0.15) is 0 Å². The van der Waals surface area contributed by atoms with Crippen LogP contribution in [0.25, 0.3) is 0 Å². The van der Waals surface area contributed by atoms with E-state index in [1.807, 2.05) is 13.0 Å². The van der Waals surface area contributed by atoms with Crippen LogP contribution in [0.3, 0.4) is 0 Å². The second-order valence-electron chi connectivity index (χ2n) is 5.25. The van der Waals surface area contributed by atoms with Crippen molar-refractivity contribution in [3.8, 4) is 0 Å². The van der Waals surface area contributed by atoms with E-state index >= 15 is 0 Å². The summed E-state index contributed by atoms with van der Waals surface area (Å²) in [6.07, 6.45) is 1.71. The molecule has 1 fully saturated rings. The molecule has 1 aromatic rings. The number of amides is 2. The predicted octanol–water partition coefficient (Wildman–Crippen LogP) is 1.24. The van der Waals surface area contributed by atoms with Gasteiger partial charge in [-0.3, -0.25) is 9.59 Å². The molecule has 1 aliphatic rings. The van der Waals surface area contributed by atoms with E-state index in [0.29, 0.717) is 12.2 Å². The molecule has 2 atom stereocenters. The molecular weight excluding hydrogens is 256 g/mol. The molecular formula is C15H20N2O3. The van der Waals surface area contributed by atoms with Gasteiger partial charge in [0.05, 0.1) is 0 Å². The molecule has 2 rings (SSSR count). The van der Waals surface area contributed by atoms with Crippen molar-refractivity contribution < 1.29 is 14.7 Å². The number of aliphatic hydroxyl groups excluding tert-OH is 1. The van der Waals surface area contributed by atoms with Gasteiger partial charge >= 0.3 is 11.8 Å². The predicted molar refractivity (Wildman–Crippen MR) is 76.1 cm³/mol. The summed E-state index contributed by atoms with van der Waals surface area (Å²) in [4.78, 5) is 25.8. The van der Waals surface area contributed by atoms with Gasteiger partial charge < -0.3 is 15.3 Å². The van der Waals surface area contributed by atoms with Crippen LogP contribution < -0.4 is 5.32 Å². The fraction of sp³-hybridized carbons (Fsp3) is 0.467. The summed E-state index contributed by atoms with van der Waals surface area (Å²) in [6.45, 7) is 2.43. The molecule has 1 saturated heterocycles. The van der Waals surface area contributed by atoms with Crippen molar-refractivity contribution in [1.82, 2.24) is 4.90 Å². The van der Waals surface area contributed by atoms with E-state index in [1.165, 1.54) is 0 Å². The number of piperidine rings is 1. The first kappa shape index (κ1) is 14.5. The lowest BCUT2D eigenvalue weighted by molar-refractivity contribution is -0.146. The maximum atomic E-state index is 12.2. The zero-order valence-corrected chi connectivity index (χ0v) is 11.6. The van der Waals surface area contributed by atoms with Gasteiger partial charge in [0, 0.05) is 24.9 Å². The highest BCUT2D eigenvalue weighted by Gasteiger charge is 2.32. The first-order chi connectivity index (χ1) is 9.61. The molecule has 1 heterocycles. The number of nitrogens with zero attached hydrogens (tertiary/aromatic N) is 1. The fourth-order valence-corrected chi connectivity index (χ4v) is 2.45. The summed E-state index contributed by atoms with van der Waals surface area (Å²) in [6, 6.07) is 8.95. The highest BCUT2D eigenvalue weighted by molar-refractivity contribution is 6.39. The van der Waals surface area contributed by atoms with Crippen LogP contribution in [-0.2, 0) is 9.59 Å². The molecule has 2 N–H and O–H groups in total. The lowest BCUT2D eigenvalue weighted by Gasteiger charge is -2.36. The Morgan fingerprint density at radius 3 is 2.65 bits per heavy atom. The number of anilines is 1. The molecule has 108 valence electrons. The van der Waals surface area contributed by atoms with Crippen molar-refractivity contribution in [3.63, 3.8) is 0 Å². The summed E-state index contributed by atoms with van der Waals surface area (Å²) < 4.78 is 0. The molecule has 0 aliphatic carbocycles. The molecule has 0 radical (unpaired) electrons. The molecule has 0 spiro atoms. The van der Waals surface area contributed by atoms with E-state index in [-0.39, 0.29) is 18.6 Å². The normalized spacial score (nSPS) is 22.4. The lowest BCUT2D eigenvalue weighted by Crippen LogP contribution is -2.50. The van der Waals surface area contributed by atoms with Crippen molar-refractivity contribution in [3.05, 3.63) is 30.3 Å². The molecule has 2 amide bonds. The van der Waals surface area contributed by atoms with E-state index in [2.05, 4.69) is 5.32 Å². The van der Waals surface area contributed by atoms with Crippen LogP contribution in [0, 0.1) is 5.92 Å². The molecule has 0 saturated carbocycles. The molecule has 2 unspecified atom stereocenters. The van der Waals surface area contributed by atoms with E-state index in [1.54, 1.807) is 29.2 Å². The average molecular weight is 276 g/mol. The number of likely N-dealkylation sites (tertiary alicyclic amines) is 1. The van der Waals surface area contributed by atoms with Crippen LogP contribution in [0.2, 0.25) is 0 Å². The van der Waals surface area contributed by atoms with Crippen LogP contribution >= 0.6 is 0 Å². The van der Waals surface area contributed by atoms with Crippen molar-refractivity contribution in [1.29, 1.82) is 0 Å². The molecule has 1 aromatic carbocycles. The average Bonchev–Trinajstić information content (AvgIpc) is 2.48. The van der Waals surface area contributed by atoms with Crippen molar-refractivity contribution in [2.24, 2.45) is 5.92 Å². The Hall–Kier alpha value is -1.88. The first-order valence-electron chi connectivity index (χ1n) is 6.89. The number of hydrogen-bond donors (Lipinski definition) is 2. The number of nitrogens with one attached hydrogen (secondary N) is 1. The minimum atomic E-state index is -0.623. The van der Waals surface area contributed by atoms with E-state index < -0.39 is 11.8 Å². The monoisotopic (exact) mass is 276 g/mol. The SMILES string of the molecule is CC1CCC(CO)CN1C(=O)C(=O)Nc1ccccc1. The van der Waals surface area contributed by atoms with Crippen LogP contribution in [0.1, 0.15) is 19.8 Å². The Balaban J connectivity index is 2.00. The third kappa shape index (κ3) is 3.36.